The molecule has 1 aromatic rings. The Morgan fingerprint density at radius 2 is 2.47 bits per heavy atom. The second kappa shape index (κ2) is 5.51. The zero-order valence-corrected chi connectivity index (χ0v) is 10.7. The average Bonchev–Trinajstić information content (AvgIpc) is 2.78. The van der Waals surface area contributed by atoms with Gasteiger partial charge in [0.25, 0.3) is 0 Å². The number of ether oxygens (including phenoxy) is 1. The summed E-state index contributed by atoms with van der Waals surface area (Å²) in [7, 11) is 0. The molecule has 4 nitrogen and oxygen atoms in total. The van der Waals surface area contributed by atoms with E-state index in [4.69, 9.17) is 15.9 Å². The van der Waals surface area contributed by atoms with Crippen molar-refractivity contribution in [3.05, 3.63) is 23.4 Å². The second-order valence-electron chi connectivity index (χ2n) is 4.20. The molecule has 1 saturated heterocycles. The van der Waals surface area contributed by atoms with Crippen LogP contribution in [-0.2, 0) is 4.74 Å². The van der Waals surface area contributed by atoms with E-state index in [9.17, 15) is 0 Å². The first-order chi connectivity index (χ1) is 8.15. The third-order valence-electron chi connectivity index (χ3n) is 2.68. The lowest BCUT2D eigenvalue weighted by molar-refractivity contribution is 0.129. The van der Waals surface area contributed by atoms with Crippen LogP contribution in [0.1, 0.15) is 24.1 Å². The van der Waals surface area contributed by atoms with Crippen LogP contribution in [0.25, 0.3) is 0 Å². The summed E-state index contributed by atoms with van der Waals surface area (Å²) in [5, 5.41) is 8.37. The number of nitrogens with one attached hydrogen (secondary N) is 1. The Bertz CT molecular complexity index is 416. The molecule has 2 heterocycles. The molecule has 3 N–H and O–H groups in total. The summed E-state index contributed by atoms with van der Waals surface area (Å²) in [5.41, 5.74) is 7.13. The van der Waals surface area contributed by atoms with Crippen LogP contribution in [0.5, 0.6) is 0 Å². The maximum atomic E-state index is 7.44. The first-order valence-electron chi connectivity index (χ1n) is 5.72. The summed E-state index contributed by atoms with van der Waals surface area (Å²) in [5.74, 6) is 1.02. The van der Waals surface area contributed by atoms with Crippen LogP contribution in [0.3, 0.4) is 0 Å². The van der Waals surface area contributed by atoms with Gasteiger partial charge in [0, 0.05) is 23.6 Å². The fraction of sp³-hybridized carbons (Fsp3) is 0.500. The average molecular weight is 251 g/mol. The van der Waals surface area contributed by atoms with Crippen molar-refractivity contribution < 1.29 is 4.74 Å². The van der Waals surface area contributed by atoms with Crippen LogP contribution >= 0.6 is 11.8 Å². The molecule has 0 bridgehead atoms. The molecular weight excluding hydrogens is 234 g/mol. The van der Waals surface area contributed by atoms with E-state index in [0.29, 0.717) is 6.10 Å². The Morgan fingerprint density at radius 3 is 3.12 bits per heavy atom. The lowest BCUT2D eigenvalue weighted by Gasteiger charge is -2.09. The molecule has 0 radical (unpaired) electrons. The van der Waals surface area contributed by atoms with E-state index in [2.05, 4.69) is 4.98 Å². The Morgan fingerprint density at radius 1 is 1.65 bits per heavy atom. The molecule has 0 aliphatic carbocycles. The van der Waals surface area contributed by atoms with E-state index in [1.807, 2.05) is 19.1 Å². The Hall–Kier alpha value is -1.07. The van der Waals surface area contributed by atoms with Crippen LogP contribution in [0, 0.1) is 12.3 Å². The van der Waals surface area contributed by atoms with Crippen molar-refractivity contribution in [2.45, 2.75) is 30.9 Å². The zero-order chi connectivity index (χ0) is 12.3. The van der Waals surface area contributed by atoms with Gasteiger partial charge in [-0.2, -0.15) is 0 Å². The van der Waals surface area contributed by atoms with Crippen LogP contribution < -0.4 is 5.73 Å². The highest BCUT2D eigenvalue weighted by atomic mass is 32.2. The molecule has 2 rings (SSSR count). The molecule has 1 aliphatic rings. The van der Waals surface area contributed by atoms with Crippen molar-refractivity contribution in [1.29, 1.82) is 5.41 Å². The molecule has 0 saturated carbocycles. The molecule has 1 aromatic heterocycles. The maximum absolute atomic E-state index is 7.44. The van der Waals surface area contributed by atoms with Gasteiger partial charge in [-0.15, -0.1) is 11.8 Å². The van der Waals surface area contributed by atoms with Gasteiger partial charge in [-0.3, -0.25) is 5.41 Å². The van der Waals surface area contributed by atoms with E-state index in [0.717, 1.165) is 41.5 Å². The Kier molecular flexibility index (Phi) is 4.02. The number of rotatable bonds is 4. The number of nitrogen functional groups attached to an aromatic ring is 1. The van der Waals surface area contributed by atoms with Crippen molar-refractivity contribution >= 4 is 17.6 Å². The molecule has 17 heavy (non-hydrogen) atoms. The van der Waals surface area contributed by atoms with Crippen molar-refractivity contribution in [1.82, 2.24) is 4.98 Å². The van der Waals surface area contributed by atoms with Gasteiger partial charge < -0.3 is 10.5 Å². The van der Waals surface area contributed by atoms with Gasteiger partial charge in [-0.1, -0.05) is 0 Å². The molecule has 1 atom stereocenters. The van der Waals surface area contributed by atoms with Gasteiger partial charge in [-0.05, 0) is 31.9 Å². The zero-order valence-electron chi connectivity index (χ0n) is 9.90. The summed E-state index contributed by atoms with van der Waals surface area (Å²) in [4.78, 5) is 4.43. The van der Waals surface area contributed by atoms with Gasteiger partial charge >= 0.3 is 0 Å². The SMILES string of the molecule is Cc1cc(C(=N)N)cc(SCC2CCCO2)n1. The monoisotopic (exact) mass is 251 g/mol. The first-order valence-corrected chi connectivity index (χ1v) is 6.71. The van der Waals surface area contributed by atoms with E-state index >= 15 is 0 Å². The van der Waals surface area contributed by atoms with Gasteiger partial charge in [-0.25, -0.2) is 4.98 Å². The number of hydrogen-bond acceptors (Lipinski definition) is 4. The van der Waals surface area contributed by atoms with Crippen LogP contribution in [0.4, 0.5) is 0 Å². The normalized spacial score (nSPS) is 19.5. The van der Waals surface area contributed by atoms with Gasteiger partial charge in [0.05, 0.1) is 11.1 Å². The minimum absolute atomic E-state index is 0.0921. The quantitative estimate of drug-likeness (QED) is 0.487. The number of amidine groups is 1. The number of aryl methyl sites for hydroxylation is 1. The first kappa shape index (κ1) is 12.4. The second-order valence-corrected chi connectivity index (χ2v) is 5.24. The summed E-state index contributed by atoms with van der Waals surface area (Å²) >= 11 is 1.68. The number of thioether (sulfide) groups is 1. The minimum atomic E-state index is 0.0921. The molecule has 1 unspecified atom stereocenters. The van der Waals surface area contributed by atoms with Gasteiger partial charge in [0.15, 0.2) is 0 Å². The van der Waals surface area contributed by atoms with Crippen LogP contribution in [0.2, 0.25) is 0 Å². The molecule has 0 amide bonds. The fourth-order valence-corrected chi connectivity index (χ4v) is 2.86. The van der Waals surface area contributed by atoms with E-state index in [1.54, 1.807) is 11.8 Å². The predicted octanol–water partition coefficient (Wildman–Crippen LogP) is 1.95. The van der Waals surface area contributed by atoms with Crippen molar-refractivity contribution in [3.63, 3.8) is 0 Å². The molecule has 1 fully saturated rings. The summed E-state index contributed by atoms with van der Waals surface area (Å²) in [6.07, 6.45) is 2.65. The van der Waals surface area contributed by atoms with E-state index < -0.39 is 0 Å². The largest absolute Gasteiger partial charge is 0.384 e. The Balaban J connectivity index is 2.01. The molecular formula is C12H17N3OS. The third kappa shape index (κ3) is 3.44. The van der Waals surface area contributed by atoms with Crippen LogP contribution in [0.15, 0.2) is 17.2 Å². The molecule has 1 aliphatic heterocycles. The highest BCUT2D eigenvalue weighted by Gasteiger charge is 2.16. The lowest BCUT2D eigenvalue weighted by atomic mass is 10.2. The van der Waals surface area contributed by atoms with E-state index in [-0.39, 0.29) is 5.84 Å². The number of nitrogens with two attached hydrogens (primary N) is 1. The van der Waals surface area contributed by atoms with Crippen molar-refractivity contribution in [3.8, 4) is 0 Å². The van der Waals surface area contributed by atoms with Crippen LogP contribution in [-0.4, -0.2) is 29.3 Å². The summed E-state index contributed by atoms with van der Waals surface area (Å²) < 4.78 is 5.57. The third-order valence-corrected chi connectivity index (χ3v) is 3.73. The fourth-order valence-electron chi connectivity index (χ4n) is 1.82. The highest BCUT2D eigenvalue weighted by molar-refractivity contribution is 7.99. The predicted molar refractivity (Wildman–Crippen MR) is 69.7 cm³/mol. The maximum Gasteiger partial charge on any atom is 0.122 e. The molecule has 92 valence electrons. The number of pyridine rings is 1. The molecule has 5 heteroatoms. The number of nitrogens with zero attached hydrogens (tertiary/aromatic N) is 1. The minimum Gasteiger partial charge on any atom is -0.384 e. The highest BCUT2D eigenvalue weighted by Crippen LogP contribution is 2.23. The standard InChI is InChI=1S/C12H17N3OS/c1-8-5-9(12(13)14)6-11(15-8)17-7-10-3-2-4-16-10/h5-6,10H,2-4,7H2,1H3,(H3,13,14). The summed E-state index contributed by atoms with van der Waals surface area (Å²) in [6.45, 7) is 2.80. The molecule has 0 aromatic carbocycles. The smallest absolute Gasteiger partial charge is 0.122 e. The molecule has 0 spiro atoms. The van der Waals surface area contributed by atoms with E-state index in [1.165, 1.54) is 0 Å². The topological polar surface area (TPSA) is 72.0 Å². The van der Waals surface area contributed by atoms with Crippen molar-refractivity contribution in [2.24, 2.45) is 5.73 Å². The Labute approximate surface area is 105 Å². The summed E-state index contributed by atoms with van der Waals surface area (Å²) in [6, 6.07) is 3.70. The lowest BCUT2D eigenvalue weighted by Crippen LogP contribution is -2.12. The van der Waals surface area contributed by atoms with Gasteiger partial charge in [0.2, 0.25) is 0 Å². The van der Waals surface area contributed by atoms with Crippen molar-refractivity contribution in [2.75, 3.05) is 12.4 Å². The number of aromatic nitrogens is 1. The number of hydrogen-bond donors (Lipinski definition) is 2. The van der Waals surface area contributed by atoms with Gasteiger partial charge in [0.1, 0.15) is 5.84 Å².